The van der Waals surface area contributed by atoms with Gasteiger partial charge >= 0.3 is 0 Å². The Bertz CT molecular complexity index is 1770. The zero-order valence-electron chi connectivity index (χ0n) is 21.5. The Balaban J connectivity index is 1.23. The summed E-state index contributed by atoms with van der Waals surface area (Å²) in [6.07, 6.45) is 9.72. The number of aryl methyl sites for hydroxylation is 1. The summed E-state index contributed by atoms with van der Waals surface area (Å²) in [4.78, 5) is 19.7. The topological polar surface area (TPSA) is 86.4 Å². The molecule has 39 heavy (non-hydrogen) atoms. The van der Waals surface area contributed by atoms with Crippen LogP contribution in [0.25, 0.3) is 55.8 Å². The lowest BCUT2D eigenvalue weighted by atomic mass is 10.0. The number of aromatic nitrogens is 6. The fraction of sp³-hybridized carbons (Fsp3) is 0.226. The number of benzene rings is 1. The first-order valence-corrected chi connectivity index (χ1v) is 13.5. The lowest BCUT2D eigenvalue weighted by Crippen LogP contribution is -2.20. The van der Waals surface area contributed by atoms with Crippen LogP contribution in [-0.2, 0) is 6.42 Å². The molecule has 6 aromatic rings. The Morgan fingerprint density at radius 2 is 1.72 bits per heavy atom. The van der Waals surface area contributed by atoms with E-state index in [4.69, 9.17) is 4.98 Å². The Kier molecular flexibility index (Phi) is 6.09. The van der Waals surface area contributed by atoms with Crippen LogP contribution in [0.5, 0.6) is 0 Å². The van der Waals surface area contributed by atoms with E-state index in [1.165, 1.54) is 25.9 Å². The van der Waals surface area contributed by atoms with Gasteiger partial charge in [0.05, 0.1) is 22.6 Å². The van der Waals surface area contributed by atoms with Crippen LogP contribution >= 0.6 is 0 Å². The largest absolute Gasteiger partial charge is 0.353 e. The van der Waals surface area contributed by atoms with Crippen molar-refractivity contribution in [3.63, 3.8) is 0 Å². The summed E-state index contributed by atoms with van der Waals surface area (Å²) in [6.45, 7) is 3.43. The molecule has 1 aliphatic heterocycles. The van der Waals surface area contributed by atoms with Crippen LogP contribution in [0.2, 0.25) is 0 Å². The normalized spacial score (nSPS) is 14.1. The van der Waals surface area contributed by atoms with E-state index in [1.54, 1.807) is 30.7 Å². The van der Waals surface area contributed by atoms with Gasteiger partial charge in [0.2, 0.25) is 0 Å². The van der Waals surface area contributed by atoms with Crippen molar-refractivity contribution in [3.05, 3.63) is 84.6 Å². The van der Waals surface area contributed by atoms with Gasteiger partial charge in [-0.05, 0) is 105 Å². The molecule has 1 saturated heterocycles. The molecule has 1 aliphatic rings. The molecule has 1 fully saturated rings. The highest BCUT2D eigenvalue weighted by Gasteiger charge is 2.17. The second-order valence-electron chi connectivity index (χ2n) is 10.2. The summed E-state index contributed by atoms with van der Waals surface area (Å²) >= 11 is 0. The quantitative estimate of drug-likeness (QED) is 0.256. The average Bonchev–Trinajstić information content (AvgIpc) is 3.72. The molecule has 0 amide bonds. The number of hydrogen-bond acceptors (Lipinski definition) is 5. The molecule has 7 nitrogen and oxygen atoms in total. The fourth-order valence-electron chi connectivity index (χ4n) is 5.63. The third kappa shape index (κ3) is 4.68. The number of hydrogen-bond donors (Lipinski definition) is 2. The zero-order valence-corrected chi connectivity index (χ0v) is 21.5. The van der Waals surface area contributed by atoms with E-state index < -0.39 is 0 Å². The molecule has 5 aromatic heterocycles. The Labute approximate surface area is 225 Å². The number of rotatable bonds is 7. The first-order valence-electron chi connectivity index (χ1n) is 13.5. The molecule has 7 rings (SSSR count). The van der Waals surface area contributed by atoms with E-state index in [1.807, 2.05) is 36.4 Å². The van der Waals surface area contributed by atoms with Crippen LogP contribution in [0.1, 0.15) is 24.8 Å². The number of likely N-dealkylation sites (tertiary alicyclic amines) is 1. The Hall–Kier alpha value is -4.43. The van der Waals surface area contributed by atoms with Crippen molar-refractivity contribution >= 4 is 21.9 Å². The maximum atomic E-state index is 14.8. The minimum Gasteiger partial charge on any atom is -0.353 e. The molecule has 0 radical (unpaired) electrons. The monoisotopic (exact) mass is 517 g/mol. The SMILES string of the molecule is Fc1cc(CCCN2CCCC2)cc(-c2nccc3[nH]c(-c4n[nH]c5ccc(-c6ccncc6)nc45)cc23)c1. The smallest absolute Gasteiger partial charge is 0.135 e. The van der Waals surface area contributed by atoms with E-state index >= 15 is 0 Å². The molecule has 0 saturated carbocycles. The predicted molar refractivity (Wildman–Crippen MR) is 152 cm³/mol. The van der Waals surface area contributed by atoms with Gasteiger partial charge in [-0.1, -0.05) is 0 Å². The predicted octanol–water partition coefficient (Wildman–Crippen LogP) is 6.40. The van der Waals surface area contributed by atoms with Crippen molar-refractivity contribution in [2.24, 2.45) is 0 Å². The van der Waals surface area contributed by atoms with Gasteiger partial charge in [0.15, 0.2) is 0 Å². The van der Waals surface area contributed by atoms with Gasteiger partial charge in [0.25, 0.3) is 0 Å². The van der Waals surface area contributed by atoms with E-state index in [-0.39, 0.29) is 5.82 Å². The maximum absolute atomic E-state index is 14.8. The van der Waals surface area contributed by atoms with Crippen LogP contribution < -0.4 is 0 Å². The molecule has 0 unspecified atom stereocenters. The number of H-pyrrole nitrogens is 2. The third-order valence-electron chi connectivity index (χ3n) is 7.56. The number of aromatic amines is 2. The lowest BCUT2D eigenvalue weighted by Gasteiger charge is -2.14. The van der Waals surface area contributed by atoms with Crippen LogP contribution in [0.15, 0.2) is 73.2 Å². The summed E-state index contributed by atoms with van der Waals surface area (Å²) < 4.78 is 14.8. The van der Waals surface area contributed by atoms with Crippen molar-refractivity contribution in [1.29, 1.82) is 0 Å². The van der Waals surface area contributed by atoms with Gasteiger partial charge < -0.3 is 9.88 Å². The van der Waals surface area contributed by atoms with Crippen molar-refractivity contribution in [2.45, 2.75) is 25.7 Å². The van der Waals surface area contributed by atoms with Crippen molar-refractivity contribution < 1.29 is 4.39 Å². The van der Waals surface area contributed by atoms with E-state index in [0.717, 1.165) is 80.8 Å². The molecule has 194 valence electrons. The fourth-order valence-corrected chi connectivity index (χ4v) is 5.63. The van der Waals surface area contributed by atoms with E-state index in [0.29, 0.717) is 0 Å². The Morgan fingerprint density at radius 3 is 2.59 bits per heavy atom. The van der Waals surface area contributed by atoms with Gasteiger partial charge in [-0.15, -0.1) is 0 Å². The van der Waals surface area contributed by atoms with Crippen molar-refractivity contribution in [1.82, 2.24) is 35.0 Å². The summed E-state index contributed by atoms with van der Waals surface area (Å²) in [5, 5.41) is 8.59. The first kappa shape index (κ1) is 23.7. The molecule has 6 heterocycles. The summed E-state index contributed by atoms with van der Waals surface area (Å²) in [6, 6.07) is 17.1. The number of halogens is 1. The molecular formula is C31H28FN7. The molecule has 0 spiro atoms. The lowest BCUT2D eigenvalue weighted by molar-refractivity contribution is 0.334. The van der Waals surface area contributed by atoms with Gasteiger partial charge in [-0.2, -0.15) is 5.10 Å². The molecule has 0 atom stereocenters. The average molecular weight is 518 g/mol. The second kappa shape index (κ2) is 10.0. The molecule has 0 bridgehead atoms. The summed E-state index contributed by atoms with van der Waals surface area (Å²) in [5.74, 6) is -0.232. The number of nitrogens with one attached hydrogen (secondary N) is 2. The van der Waals surface area contributed by atoms with Crippen LogP contribution in [-0.4, -0.2) is 54.7 Å². The van der Waals surface area contributed by atoms with E-state index in [2.05, 4.69) is 36.1 Å². The molecular weight excluding hydrogens is 489 g/mol. The zero-order chi connectivity index (χ0) is 26.2. The minimum absolute atomic E-state index is 0.232. The highest BCUT2D eigenvalue weighted by atomic mass is 19.1. The first-order chi connectivity index (χ1) is 19.2. The molecule has 0 aliphatic carbocycles. The second-order valence-corrected chi connectivity index (χ2v) is 10.2. The highest BCUT2D eigenvalue weighted by molar-refractivity contribution is 5.99. The van der Waals surface area contributed by atoms with Crippen molar-refractivity contribution in [2.75, 3.05) is 19.6 Å². The molecule has 8 heteroatoms. The summed E-state index contributed by atoms with van der Waals surface area (Å²) in [5.41, 5.74) is 8.47. The number of pyridine rings is 3. The standard InChI is InChI=1S/C31H28FN7/c32-23-17-20(4-3-15-39-13-1-2-14-39)16-22(18-23)29-24-19-28(35-26(24)9-12-34-29)31-30-27(37-38-31)6-5-25(36-30)21-7-10-33-11-8-21/h5-12,16-19,35H,1-4,13-15H2,(H,37,38). The summed E-state index contributed by atoms with van der Waals surface area (Å²) in [7, 11) is 0. The van der Waals surface area contributed by atoms with Crippen molar-refractivity contribution in [3.8, 4) is 33.9 Å². The van der Waals surface area contributed by atoms with Gasteiger partial charge in [-0.25, -0.2) is 9.37 Å². The van der Waals surface area contributed by atoms with Crippen LogP contribution in [0.3, 0.4) is 0 Å². The van der Waals surface area contributed by atoms with Gasteiger partial charge in [0, 0.05) is 40.6 Å². The van der Waals surface area contributed by atoms with Gasteiger partial charge in [-0.3, -0.25) is 15.1 Å². The van der Waals surface area contributed by atoms with Crippen LogP contribution in [0, 0.1) is 5.82 Å². The molecule has 1 aromatic carbocycles. The third-order valence-corrected chi connectivity index (χ3v) is 7.56. The van der Waals surface area contributed by atoms with Crippen LogP contribution in [0.4, 0.5) is 4.39 Å². The maximum Gasteiger partial charge on any atom is 0.135 e. The number of fused-ring (bicyclic) bond motifs is 2. The Morgan fingerprint density at radius 1 is 0.846 bits per heavy atom. The minimum atomic E-state index is -0.232. The van der Waals surface area contributed by atoms with Gasteiger partial charge in [0.1, 0.15) is 17.0 Å². The number of nitrogens with zero attached hydrogens (tertiary/aromatic N) is 5. The molecule has 2 N–H and O–H groups in total. The van der Waals surface area contributed by atoms with E-state index in [9.17, 15) is 4.39 Å². The highest BCUT2D eigenvalue weighted by Crippen LogP contribution is 2.34.